The van der Waals surface area contributed by atoms with Crippen molar-refractivity contribution < 1.29 is 19.1 Å². The van der Waals surface area contributed by atoms with Crippen molar-refractivity contribution in [2.45, 2.75) is 103 Å². The third kappa shape index (κ3) is 6.49. The van der Waals surface area contributed by atoms with E-state index in [0.29, 0.717) is 12.5 Å². The first-order chi connectivity index (χ1) is 21.4. The van der Waals surface area contributed by atoms with Gasteiger partial charge in [-0.1, -0.05) is 44.2 Å². The topological polar surface area (TPSA) is 85.4 Å². The Bertz CT molecular complexity index is 1410. The number of benzene rings is 1. The quantitative estimate of drug-likeness (QED) is 0.455. The van der Waals surface area contributed by atoms with Gasteiger partial charge in [-0.05, 0) is 64.9 Å². The second kappa shape index (κ2) is 12.2. The van der Waals surface area contributed by atoms with Gasteiger partial charge < -0.3 is 29.7 Å². The Morgan fingerprint density at radius 1 is 0.867 bits per heavy atom. The first-order valence-electron chi connectivity index (χ1n) is 16.7. The molecule has 5 heterocycles. The number of carbonyl (C=O) groups is 3. The van der Waals surface area contributed by atoms with Crippen molar-refractivity contribution in [3.05, 3.63) is 71.3 Å². The summed E-state index contributed by atoms with van der Waals surface area (Å²) in [4.78, 5) is 48.1. The van der Waals surface area contributed by atoms with Gasteiger partial charge in [0.2, 0.25) is 11.8 Å². The summed E-state index contributed by atoms with van der Waals surface area (Å²) < 4.78 is 6.12. The van der Waals surface area contributed by atoms with E-state index in [9.17, 15) is 14.4 Å². The average Bonchev–Trinajstić information content (AvgIpc) is 3.77. The number of amides is 3. The molecule has 9 nitrogen and oxygen atoms in total. The van der Waals surface area contributed by atoms with Crippen LogP contribution in [0.25, 0.3) is 0 Å². The second-order valence-corrected chi connectivity index (χ2v) is 14.7. The van der Waals surface area contributed by atoms with E-state index in [1.54, 1.807) is 12.2 Å². The molecule has 5 atom stereocenters. The Morgan fingerprint density at radius 3 is 2.13 bits per heavy atom. The lowest BCUT2D eigenvalue weighted by molar-refractivity contribution is -0.129. The molecule has 1 unspecified atom stereocenters. The molecular weight excluding hydrogens is 566 g/mol. The van der Waals surface area contributed by atoms with Crippen molar-refractivity contribution in [1.82, 2.24) is 24.9 Å². The zero-order chi connectivity index (χ0) is 32.0. The molecule has 242 valence electrons. The van der Waals surface area contributed by atoms with Crippen molar-refractivity contribution in [1.29, 1.82) is 0 Å². The van der Waals surface area contributed by atoms with Crippen molar-refractivity contribution in [3.8, 4) is 0 Å². The van der Waals surface area contributed by atoms with Crippen LogP contribution in [-0.4, -0.2) is 99.3 Å². The number of carbonyl (C=O) groups excluding carboxylic acids is 3. The summed E-state index contributed by atoms with van der Waals surface area (Å²) >= 11 is 0. The van der Waals surface area contributed by atoms with Crippen molar-refractivity contribution in [3.63, 3.8) is 0 Å². The largest absolute Gasteiger partial charge is 0.490 e. The average molecular weight is 616 g/mol. The zero-order valence-corrected chi connectivity index (χ0v) is 27.7. The van der Waals surface area contributed by atoms with Gasteiger partial charge >= 0.3 is 0 Å². The van der Waals surface area contributed by atoms with E-state index in [1.807, 2.05) is 56.9 Å². The maximum absolute atomic E-state index is 13.8. The SMILES string of the molecule is CC(C)C[C@H]1C(N2CC[C@H](N3C(=O)C=C(OC(C)(C)C)[C@@H]3C)C2)=CC(=O)N1C1CCN(C2=CC(=O)N[C@H]2Cc2ccccc2)C1. The van der Waals surface area contributed by atoms with E-state index in [1.165, 1.54) is 5.56 Å². The molecule has 0 bridgehead atoms. The van der Waals surface area contributed by atoms with Crippen molar-refractivity contribution >= 4 is 17.7 Å². The molecule has 2 saturated heterocycles. The van der Waals surface area contributed by atoms with Gasteiger partial charge in [0, 0.05) is 55.8 Å². The lowest BCUT2D eigenvalue weighted by Gasteiger charge is -2.37. The van der Waals surface area contributed by atoms with E-state index in [0.717, 1.165) is 62.5 Å². The first kappa shape index (κ1) is 31.2. The van der Waals surface area contributed by atoms with Gasteiger partial charge in [-0.15, -0.1) is 0 Å². The minimum atomic E-state index is -0.361. The number of hydrogen-bond donors (Lipinski definition) is 1. The fourth-order valence-electron chi connectivity index (χ4n) is 7.87. The Morgan fingerprint density at radius 2 is 1.49 bits per heavy atom. The smallest absolute Gasteiger partial charge is 0.250 e. The molecule has 1 aromatic carbocycles. The summed E-state index contributed by atoms with van der Waals surface area (Å²) in [6, 6.07) is 10.2. The van der Waals surface area contributed by atoms with E-state index >= 15 is 0 Å². The van der Waals surface area contributed by atoms with E-state index in [2.05, 4.69) is 46.0 Å². The number of hydrogen-bond acceptors (Lipinski definition) is 6. The fraction of sp³-hybridized carbons (Fsp3) is 0.583. The fourth-order valence-corrected chi connectivity index (χ4v) is 7.87. The monoisotopic (exact) mass is 615 g/mol. The molecule has 1 aromatic rings. The molecule has 5 aliphatic heterocycles. The Hall–Kier alpha value is -3.75. The normalized spacial score (nSPS) is 28.8. The molecule has 5 aliphatic rings. The standard InChI is InChI=1S/C36H49N5O4/c1-23(2)16-31-30(39-15-12-26(21-39)40-24(3)32(20-35(40)44)45-36(4,5)6)19-34(43)41(31)27-13-14-38(22-27)29-18-33(42)37-28(29)17-25-10-8-7-9-11-25/h7-11,18-20,23-24,26-28,31H,12-17,21-22H2,1-6H3,(H,37,42)/t24-,26-,27?,28-,31-/m0/s1. The van der Waals surface area contributed by atoms with Crippen molar-refractivity contribution in [2.75, 3.05) is 26.2 Å². The maximum atomic E-state index is 13.8. The van der Waals surface area contributed by atoms with Crippen LogP contribution in [0.2, 0.25) is 0 Å². The Labute approximate surface area is 267 Å². The predicted octanol–water partition coefficient (Wildman–Crippen LogP) is 3.83. The molecule has 0 saturated carbocycles. The molecule has 0 aliphatic carbocycles. The number of rotatable bonds is 9. The maximum Gasteiger partial charge on any atom is 0.250 e. The lowest BCUT2D eigenvalue weighted by Crippen LogP contribution is -2.48. The zero-order valence-electron chi connectivity index (χ0n) is 27.7. The van der Waals surface area contributed by atoms with E-state index in [4.69, 9.17) is 4.74 Å². The number of nitrogens with zero attached hydrogens (tertiary/aromatic N) is 4. The van der Waals surface area contributed by atoms with Crippen LogP contribution in [0.5, 0.6) is 0 Å². The van der Waals surface area contributed by atoms with E-state index < -0.39 is 0 Å². The molecule has 2 fully saturated rings. The van der Waals surface area contributed by atoms with Gasteiger partial charge in [0.25, 0.3) is 5.91 Å². The number of ether oxygens (including phenoxy) is 1. The summed E-state index contributed by atoms with van der Waals surface area (Å²) in [6.45, 7) is 15.6. The Kier molecular flexibility index (Phi) is 8.48. The summed E-state index contributed by atoms with van der Waals surface area (Å²) in [5.41, 5.74) is 2.95. The van der Waals surface area contributed by atoms with Gasteiger partial charge in [-0.2, -0.15) is 0 Å². The summed E-state index contributed by atoms with van der Waals surface area (Å²) in [5, 5.41) is 3.14. The molecule has 1 N–H and O–H groups in total. The molecule has 45 heavy (non-hydrogen) atoms. The third-order valence-corrected chi connectivity index (χ3v) is 9.75. The van der Waals surface area contributed by atoms with Crippen LogP contribution in [0, 0.1) is 5.92 Å². The third-order valence-electron chi connectivity index (χ3n) is 9.75. The van der Waals surface area contributed by atoms with Crippen LogP contribution in [-0.2, 0) is 25.5 Å². The number of likely N-dealkylation sites (tertiary alicyclic amines) is 2. The highest BCUT2D eigenvalue weighted by molar-refractivity contribution is 5.93. The minimum Gasteiger partial charge on any atom is -0.490 e. The summed E-state index contributed by atoms with van der Waals surface area (Å²) in [6.07, 6.45) is 8.62. The molecule has 9 heteroatoms. The van der Waals surface area contributed by atoms with Crippen LogP contribution in [0.4, 0.5) is 0 Å². The first-order valence-corrected chi connectivity index (χ1v) is 16.7. The molecule has 0 spiro atoms. The predicted molar refractivity (Wildman–Crippen MR) is 174 cm³/mol. The van der Waals surface area contributed by atoms with Crippen LogP contribution >= 0.6 is 0 Å². The highest BCUT2D eigenvalue weighted by Crippen LogP contribution is 2.37. The van der Waals surface area contributed by atoms with Gasteiger partial charge in [-0.3, -0.25) is 14.4 Å². The Balaban J connectivity index is 1.13. The van der Waals surface area contributed by atoms with Crippen LogP contribution in [0.3, 0.4) is 0 Å². The highest BCUT2D eigenvalue weighted by Gasteiger charge is 2.46. The molecular formula is C36H49N5O4. The van der Waals surface area contributed by atoms with Crippen LogP contribution in [0.1, 0.15) is 66.4 Å². The number of nitrogens with one attached hydrogen (secondary N) is 1. The molecule has 6 rings (SSSR count). The van der Waals surface area contributed by atoms with Gasteiger partial charge in [0.1, 0.15) is 11.4 Å². The summed E-state index contributed by atoms with van der Waals surface area (Å²) in [7, 11) is 0. The van der Waals surface area contributed by atoms with Crippen LogP contribution in [0.15, 0.2) is 65.7 Å². The van der Waals surface area contributed by atoms with Crippen molar-refractivity contribution in [2.24, 2.45) is 5.92 Å². The second-order valence-electron chi connectivity index (χ2n) is 14.7. The van der Waals surface area contributed by atoms with Crippen LogP contribution < -0.4 is 5.32 Å². The molecule has 0 radical (unpaired) electrons. The highest BCUT2D eigenvalue weighted by atomic mass is 16.5. The van der Waals surface area contributed by atoms with Gasteiger partial charge in [-0.25, -0.2) is 0 Å². The van der Waals surface area contributed by atoms with Gasteiger partial charge in [0.15, 0.2) is 0 Å². The molecule has 3 amide bonds. The molecule has 0 aromatic heterocycles. The summed E-state index contributed by atoms with van der Waals surface area (Å²) in [5.74, 6) is 1.19. The lowest BCUT2D eigenvalue weighted by atomic mass is 9.99. The van der Waals surface area contributed by atoms with E-state index in [-0.39, 0.29) is 53.5 Å². The van der Waals surface area contributed by atoms with Gasteiger partial charge in [0.05, 0.1) is 30.2 Å². The minimum absolute atomic E-state index is 0.00300.